The molecule has 0 unspecified atom stereocenters. The van der Waals surface area contributed by atoms with Crippen LogP contribution in [0.15, 0.2) is 59.9 Å². The van der Waals surface area contributed by atoms with Crippen LogP contribution in [0.5, 0.6) is 0 Å². The fraction of sp³-hybridized carbons (Fsp3) is 0.176. The van der Waals surface area contributed by atoms with Gasteiger partial charge in [0.05, 0.1) is 6.33 Å². The SMILES string of the molecule is Cn1nc(C(=O)NCc2ccccc2Cn2ccnc2)ccc1=O. The van der Waals surface area contributed by atoms with Crippen LogP contribution in [0.2, 0.25) is 0 Å². The molecule has 0 aliphatic heterocycles. The summed E-state index contributed by atoms with van der Waals surface area (Å²) in [5.41, 5.74) is 2.08. The van der Waals surface area contributed by atoms with Crippen LogP contribution in [0.1, 0.15) is 21.6 Å². The highest BCUT2D eigenvalue weighted by molar-refractivity contribution is 5.91. The van der Waals surface area contributed by atoms with Crippen molar-refractivity contribution in [1.82, 2.24) is 24.6 Å². The highest BCUT2D eigenvalue weighted by Crippen LogP contribution is 2.10. The van der Waals surface area contributed by atoms with Crippen LogP contribution >= 0.6 is 0 Å². The number of rotatable bonds is 5. The summed E-state index contributed by atoms with van der Waals surface area (Å²) in [6, 6.07) is 10.6. The largest absolute Gasteiger partial charge is 0.347 e. The van der Waals surface area contributed by atoms with Crippen LogP contribution in [-0.4, -0.2) is 25.2 Å². The molecule has 1 aromatic carbocycles. The summed E-state index contributed by atoms with van der Waals surface area (Å²) in [4.78, 5) is 27.6. The molecule has 0 aliphatic rings. The minimum absolute atomic E-state index is 0.212. The summed E-state index contributed by atoms with van der Waals surface area (Å²) in [5, 5.41) is 6.79. The number of carbonyl (C=O) groups is 1. The predicted octanol–water partition coefficient (Wildman–Crippen LogP) is 0.955. The molecule has 3 aromatic rings. The molecule has 1 amide bonds. The molecule has 2 aromatic heterocycles. The minimum atomic E-state index is -0.317. The molecule has 0 fully saturated rings. The zero-order chi connectivity index (χ0) is 16.9. The van der Waals surface area contributed by atoms with E-state index in [-0.39, 0.29) is 17.2 Å². The van der Waals surface area contributed by atoms with Gasteiger partial charge >= 0.3 is 0 Å². The van der Waals surface area contributed by atoms with Crippen molar-refractivity contribution < 1.29 is 4.79 Å². The molecule has 122 valence electrons. The van der Waals surface area contributed by atoms with Crippen molar-refractivity contribution >= 4 is 5.91 Å². The van der Waals surface area contributed by atoms with Gasteiger partial charge in [-0.25, -0.2) is 9.67 Å². The second kappa shape index (κ2) is 6.91. The van der Waals surface area contributed by atoms with E-state index in [0.29, 0.717) is 13.1 Å². The molecular weight excluding hydrogens is 306 g/mol. The number of amides is 1. The van der Waals surface area contributed by atoms with Gasteiger partial charge in [0.25, 0.3) is 11.5 Å². The lowest BCUT2D eigenvalue weighted by atomic mass is 10.1. The Bertz CT molecular complexity index is 899. The van der Waals surface area contributed by atoms with Crippen molar-refractivity contribution in [3.63, 3.8) is 0 Å². The summed E-state index contributed by atoms with van der Waals surface area (Å²) < 4.78 is 3.11. The van der Waals surface area contributed by atoms with E-state index in [2.05, 4.69) is 15.4 Å². The number of nitrogens with one attached hydrogen (secondary N) is 1. The van der Waals surface area contributed by atoms with Crippen molar-refractivity contribution in [3.05, 3.63) is 82.3 Å². The topological polar surface area (TPSA) is 81.8 Å². The highest BCUT2D eigenvalue weighted by atomic mass is 16.2. The van der Waals surface area contributed by atoms with Crippen LogP contribution in [0.25, 0.3) is 0 Å². The first-order valence-electron chi connectivity index (χ1n) is 7.48. The molecule has 0 bridgehead atoms. The van der Waals surface area contributed by atoms with E-state index in [1.54, 1.807) is 12.5 Å². The zero-order valence-corrected chi connectivity index (χ0v) is 13.2. The van der Waals surface area contributed by atoms with Gasteiger partial charge in [0.1, 0.15) is 5.69 Å². The summed E-state index contributed by atoms with van der Waals surface area (Å²) in [6.07, 6.45) is 5.38. The molecule has 2 heterocycles. The van der Waals surface area contributed by atoms with Crippen molar-refractivity contribution in [1.29, 1.82) is 0 Å². The van der Waals surface area contributed by atoms with Gasteiger partial charge in [-0.15, -0.1) is 0 Å². The first-order chi connectivity index (χ1) is 11.6. The lowest BCUT2D eigenvalue weighted by Gasteiger charge is -2.11. The van der Waals surface area contributed by atoms with Crippen molar-refractivity contribution in [3.8, 4) is 0 Å². The van der Waals surface area contributed by atoms with Crippen LogP contribution in [0, 0.1) is 0 Å². The lowest BCUT2D eigenvalue weighted by Crippen LogP contribution is -2.28. The molecule has 0 saturated carbocycles. The molecule has 0 spiro atoms. The third kappa shape index (κ3) is 3.57. The normalized spacial score (nSPS) is 10.5. The molecule has 0 aliphatic carbocycles. The first kappa shape index (κ1) is 15.7. The second-order valence-electron chi connectivity index (χ2n) is 5.37. The van der Waals surface area contributed by atoms with E-state index < -0.39 is 0 Å². The smallest absolute Gasteiger partial charge is 0.271 e. The number of aromatic nitrogens is 4. The molecule has 7 heteroatoms. The maximum atomic E-state index is 12.2. The highest BCUT2D eigenvalue weighted by Gasteiger charge is 2.10. The fourth-order valence-corrected chi connectivity index (χ4v) is 2.35. The molecule has 7 nitrogen and oxygen atoms in total. The van der Waals surface area contributed by atoms with Gasteiger partial charge in [-0.05, 0) is 17.2 Å². The number of imidazole rings is 1. The lowest BCUT2D eigenvalue weighted by molar-refractivity contribution is 0.0943. The molecule has 0 atom stereocenters. The third-order valence-electron chi connectivity index (χ3n) is 3.66. The van der Waals surface area contributed by atoms with Crippen LogP contribution in [0.3, 0.4) is 0 Å². The standard InChI is InChI=1S/C17H17N5O2/c1-21-16(23)7-6-15(20-21)17(24)19-10-13-4-2-3-5-14(13)11-22-9-8-18-12-22/h2-9,12H,10-11H2,1H3,(H,19,24). The van der Waals surface area contributed by atoms with E-state index in [9.17, 15) is 9.59 Å². The van der Waals surface area contributed by atoms with Gasteiger partial charge in [-0.2, -0.15) is 5.10 Å². The molecule has 0 saturated heterocycles. The minimum Gasteiger partial charge on any atom is -0.347 e. The summed E-state index contributed by atoms with van der Waals surface area (Å²) in [5.74, 6) is -0.317. The molecule has 0 radical (unpaired) electrons. The summed E-state index contributed by atoms with van der Waals surface area (Å²) in [6.45, 7) is 1.07. The van der Waals surface area contributed by atoms with Gasteiger partial charge in [0.15, 0.2) is 0 Å². The second-order valence-corrected chi connectivity index (χ2v) is 5.37. The van der Waals surface area contributed by atoms with Crippen molar-refractivity contribution in [2.75, 3.05) is 0 Å². The maximum Gasteiger partial charge on any atom is 0.271 e. The number of carbonyl (C=O) groups excluding carboxylic acids is 1. The fourth-order valence-electron chi connectivity index (χ4n) is 2.35. The number of hydrogen-bond acceptors (Lipinski definition) is 4. The van der Waals surface area contributed by atoms with Crippen LogP contribution in [0.4, 0.5) is 0 Å². The number of benzene rings is 1. The third-order valence-corrected chi connectivity index (χ3v) is 3.66. The van der Waals surface area contributed by atoms with Crippen LogP contribution in [-0.2, 0) is 20.1 Å². The Morgan fingerprint density at radius 1 is 1.17 bits per heavy atom. The monoisotopic (exact) mass is 323 g/mol. The summed E-state index contributed by atoms with van der Waals surface area (Å²) in [7, 11) is 1.51. The molecule has 1 N–H and O–H groups in total. The van der Waals surface area contributed by atoms with Gasteiger partial charge in [-0.3, -0.25) is 9.59 Å². The van der Waals surface area contributed by atoms with Gasteiger partial charge in [-0.1, -0.05) is 24.3 Å². The number of hydrogen-bond donors (Lipinski definition) is 1. The Kier molecular flexibility index (Phi) is 4.51. The van der Waals surface area contributed by atoms with E-state index in [1.165, 1.54) is 19.2 Å². The van der Waals surface area contributed by atoms with Gasteiger partial charge in [0, 0.05) is 38.6 Å². The quantitative estimate of drug-likeness (QED) is 0.758. The van der Waals surface area contributed by atoms with Gasteiger partial charge in [0.2, 0.25) is 0 Å². The first-order valence-corrected chi connectivity index (χ1v) is 7.48. The molecule has 3 rings (SSSR count). The van der Waals surface area contributed by atoms with E-state index >= 15 is 0 Å². The molecule has 24 heavy (non-hydrogen) atoms. The van der Waals surface area contributed by atoms with Crippen LogP contribution < -0.4 is 10.9 Å². The van der Waals surface area contributed by atoms with E-state index in [1.807, 2.05) is 35.0 Å². The van der Waals surface area contributed by atoms with Crippen molar-refractivity contribution in [2.24, 2.45) is 7.05 Å². The number of nitrogens with zero attached hydrogens (tertiary/aromatic N) is 4. The Balaban J connectivity index is 1.71. The average Bonchev–Trinajstić information content (AvgIpc) is 3.09. The average molecular weight is 323 g/mol. The van der Waals surface area contributed by atoms with E-state index in [4.69, 9.17) is 0 Å². The Labute approximate surface area is 138 Å². The summed E-state index contributed by atoms with van der Waals surface area (Å²) >= 11 is 0. The predicted molar refractivity (Wildman–Crippen MR) is 88.4 cm³/mol. The molecular formula is C17H17N5O2. The maximum absolute atomic E-state index is 12.2. The van der Waals surface area contributed by atoms with E-state index in [0.717, 1.165) is 15.8 Å². The van der Waals surface area contributed by atoms with Gasteiger partial charge < -0.3 is 9.88 Å². The number of aryl methyl sites for hydroxylation is 1. The zero-order valence-electron chi connectivity index (χ0n) is 13.2. The Morgan fingerprint density at radius 2 is 1.96 bits per heavy atom. The Hall–Kier alpha value is -3.22. The Morgan fingerprint density at radius 3 is 2.67 bits per heavy atom. The van der Waals surface area contributed by atoms with Crippen molar-refractivity contribution in [2.45, 2.75) is 13.1 Å².